The molecule has 0 aliphatic heterocycles. The van der Waals surface area contributed by atoms with Crippen LogP contribution in [0.5, 0.6) is 0 Å². The van der Waals surface area contributed by atoms with Gasteiger partial charge in [-0.2, -0.15) is 0 Å². The van der Waals surface area contributed by atoms with E-state index in [1.807, 2.05) is 6.92 Å². The molecule has 0 fully saturated rings. The molecule has 9 heavy (non-hydrogen) atoms. The molecule has 0 aliphatic rings. The summed E-state index contributed by atoms with van der Waals surface area (Å²) in [6, 6.07) is 0. The predicted octanol–water partition coefficient (Wildman–Crippen LogP) is 1.01. The first-order valence-corrected chi connectivity index (χ1v) is 3.28. The Morgan fingerprint density at radius 2 is 2.00 bits per heavy atom. The number of hydrogen-bond donors (Lipinski definition) is 1. The summed E-state index contributed by atoms with van der Waals surface area (Å²) in [5, 5.41) is 0. The van der Waals surface area contributed by atoms with Crippen LogP contribution in [-0.4, -0.2) is 19.3 Å². The summed E-state index contributed by atoms with van der Waals surface area (Å²) in [5.41, 5.74) is 5.67. The Morgan fingerprint density at radius 1 is 1.56 bits per heavy atom. The molecule has 0 aromatic heterocycles. The average molecular weight is 131 g/mol. The van der Waals surface area contributed by atoms with Crippen LogP contribution in [0.1, 0.15) is 20.8 Å². The Morgan fingerprint density at radius 3 is 2.11 bits per heavy atom. The molecule has 0 saturated heterocycles. The lowest BCUT2D eigenvalue weighted by Crippen LogP contribution is -2.45. The topological polar surface area (TPSA) is 35.2 Å². The molecule has 0 rings (SSSR count). The largest absolute Gasteiger partial charge is 0.383 e. The zero-order valence-electron chi connectivity index (χ0n) is 6.77. The van der Waals surface area contributed by atoms with Crippen LogP contribution in [-0.2, 0) is 4.74 Å². The van der Waals surface area contributed by atoms with Gasteiger partial charge in [-0.15, -0.1) is 0 Å². The molecule has 0 amide bonds. The lowest BCUT2D eigenvalue weighted by Gasteiger charge is -2.27. The van der Waals surface area contributed by atoms with Gasteiger partial charge in [0.1, 0.15) is 0 Å². The lowest BCUT2D eigenvalue weighted by atomic mass is 9.91. The fourth-order valence-corrected chi connectivity index (χ4v) is 0.478. The minimum atomic E-state index is -0.172. The van der Waals surface area contributed by atoms with E-state index >= 15 is 0 Å². The molecule has 0 aromatic rings. The standard InChI is InChI=1S/C7H17NO/c1-6(2)7(3,8)5-9-4/h6H,5,8H2,1-4H3. The highest BCUT2D eigenvalue weighted by molar-refractivity contribution is 4.81. The Bertz CT molecular complexity index is 79.0. The van der Waals surface area contributed by atoms with E-state index in [-0.39, 0.29) is 5.54 Å². The average Bonchev–Trinajstić information content (AvgIpc) is 1.65. The molecular weight excluding hydrogens is 114 g/mol. The van der Waals surface area contributed by atoms with E-state index in [0.29, 0.717) is 12.5 Å². The van der Waals surface area contributed by atoms with Crippen LogP contribution in [0.15, 0.2) is 0 Å². The van der Waals surface area contributed by atoms with E-state index in [2.05, 4.69) is 13.8 Å². The van der Waals surface area contributed by atoms with Crippen molar-refractivity contribution in [2.75, 3.05) is 13.7 Å². The van der Waals surface area contributed by atoms with Crippen LogP contribution < -0.4 is 5.73 Å². The first-order valence-electron chi connectivity index (χ1n) is 3.28. The third-order valence-corrected chi connectivity index (χ3v) is 1.77. The van der Waals surface area contributed by atoms with E-state index in [4.69, 9.17) is 10.5 Å². The van der Waals surface area contributed by atoms with Crippen LogP contribution in [0, 0.1) is 5.92 Å². The van der Waals surface area contributed by atoms with Gasteiger partial charge in [-0.3, -0.25) is 0 Å². The van der Waals surface area contributed by atoms with Gasteiger partial charge in [-0.05, 0) is 12.8 Å². The second-order valence-corrected chi connectivity index (χ2v) is 3.09. The summed E-state index contributed by atoms with van der Waals surface area (Å²) < 4.78 is 4.94. The number of methoxy groups -OCH3 is 1. The molecule has 1 unspecified atom stereocenters. The fraction of sp³-hybridized carbons (Fsp3) is 1.00. The molecule has 56 valence electrons. The smallest absolute Gasteiger partial charge is 0.0642 e. The van der Waals surface area contributed by atoms with Gasteiger partial charge >= 0.3 is 0 Å². The van der Waals surface area contributed by atoms with Crippen molar-refractivity contribution in [1.82, 2.24) is 0 Å². The maximum atomic E-state index is 5.85. The maximum absolute atomic E-state index is 5.85. The molecule has 1 atom stereocenters. The van der Waals surface area contributed by atoms with Crippen molar-refractivity contribution < 1.29 is 4.74 Å². The highest BCUT2D eigenvalue weighted by Gasteiger charge is 2.21. The molecule has 2 heteroatoms. The van der Waals surface area contributed by atoms with Gasteiger partial charge in [0.2, 0.25) is 0 Å². The van der Waals surface area contributed by atoms with Gasteiger partial charge < -0.3 is 10.5 Å². The van der Waals surface area contributed by atoms with E-state index in [0.717, 1.165) is 0 Å². The summed E-state index contributed by atoms with van der Waals surface area (Å²) in [6.07, 6.45) is 0. The van der Waals surface area contributed by atoms with Crippen molar-refractivity contribution in [2.45, 2.75) is 26.3 Å². The second kappa shape index (κ2) is 3.18. The summed E-state index contributed by atoms with van der Waals surface area (Å²) in [4.78, 5) is 0. The normalized spacial score (nSPS) is 18.0. The number of rotatable bonds is 3. The molecule has 2 nitrogen and oxygen atoms in total. The van der Waals surface area contributed by atoms with Gasteiger partial charge in [0, 0.05) is 12.6 Å². The van der Waals surface area contributed by atoms with E-state index in [1.165, 1.54) is 0 Å². The van der Waals surface area contributed by atoms with Gasteiger partial charge in [0.05, 0.1) is 6.61 Å². The molecule has 2 N–H and O–H groups in total. The number of nitrogens with two attached hydrogens (primary N) is 1. The molecule has 0 heterocycles. The van der Waals surface area contributed by atoms with Crippen LogP contribution in [0.25, 0.3) is 0 Å². The molecule has 0 bridgehead atoms. The van der Waals surface area contributed by atoms with Crippen molar-refractivity contribution in [3.05, 3.63) is 0 Å². The van der Waals surface area contributed by atoms with E-state index < -0.39 is 0 Å². The lowest BCUT2D eigenvalue weighted by molar-refractivity contribution is 0.116. The summed E-state index contributed by atoms with van der Waals surface area (Å²) >= 11 is 0. The first-order chi connectivity index (χ1) is 4.00. The van der Waals surface area contributed by atoms with Gasteiger partial charge in [-0.1, -0.05) is 13.8 Å². The quantitative estimate of drug-likeness (QED) is 0.620. The van der Waals surface area contributed by atoms with Crippen molar-refractivity contribution in [3.8, 4) is 0 Å². The van der Waals surface area contributed by atoms with Crippen molar-refractivity contribution in [2.24, 2.45) is 11.7 Å². The van der Waals surface area contributed by atoms with Gasteiger partial charge in [0.15, 0.2) is 0 Å². The molecular formula is C7H17NO. The molecule has 0 saturated carbocycles. The molecule has 0 radical (unpaired) electrons. The third-order valence-electron chi connectivity index (χ3n) is 1.77. The minimum Gasteiger partial charge on any atom is -0.383 e. The van der Waals surface area contributed by atoms with Crippen LogP contribution >= 0.6 is 0 Å². The monoisotopic (exact) mass is 131 g/mol. The highest BCUT2D eigenvalue weighted by atomic mass is 16.5. The Hall–Kier alpha value is -0.0800. The summed E-state index contributed by atoms with van der Waals surface area (Å²) in [5.74, 6) is 0.470. The predicted molar refractivity (Wildman–Crippen MR) is 39.3 cm³/mol. The SMILES string of the molecule is COCC(C)(N)C(C)C. The Balaban J connectivity index is 3.70. The number of ether oxygens (including phenoxy) is 1. The molecule has 0 aromatic carbocycles. The van der Waals surface area contributed by atoms with Crippen molar-refractivity contribution in [3.63, 3.8) is 0 Å². The zero-order chi connectivity index (χ0) is 7.49. The number of hydrogen-bond acceptors (Lipinski definition) is 2. The van der Waals surface area contributed by atoms with Gasteiger partial charge in [-0.25, -0.2) is 0 Å². The van der Waals surface area contributed by atoms with E-state index in [1.54, 1.807) is 7.11 Å². The molecule has 0 aliphatic carbocycles. The Labute approximate surface area is 57.4 Å². The molecule has 0 spiro atoms. The van der Waals surface area contributed by atoms with Crippen LogP contribution in [0.4, 0.5) is 0 Å². The summed E-state index contributed by atoms with van der Waals surface area (Å²) in [7, 11) is 1.67. The van der Waals surface area contributed by atoms with Crippen molar-refractivity contribution in [1.29, 1.82) is 0 Å². The van der Waals surface area contributed by atoms with Crippen LogP contribution in [0.2, 0.25) is 0 Å². The van der Waals surface area contributed by atoms with Crippen LogP contribution in [0.3, 0.4) is 0 Å². The van der Waals surface area contributed by atoms with E-state index in [9.17, 15) is 0 Å². The third kappa shape index (κ3) is 2.82. The second-order valence-electron chi connectivity index (χ2n) is 3.09. The van der Waals surface area contributed by atoms with Crippen molar-refractivity contribution >= 4 is 0 Å². The summed E-state index contributed by atoms with van der Waals surface area (Å²) in [6.45, 7) is 6.82. The fourth-order valence-electron chi connectivity index (χ4n) is 0.478. The highest BCUT2D eigenvalue weighted by Crippen LogP contribution is 2.11. The first kappa shape index (κ1) is 8.92. The zero-order valence-corrected chi connectivity index (χ0v) is 6.77. The Kier molecular flexibility index (Phi) is 3.15. The maximum Gasteiger partial charge on any atom is 0.0642 e. The van der Waals surface area contributed by atoms with Gasteiger partial charge in [0.25, 0.3) is 0 Å². The minimum absolute atomic E-state index is 0.172.